The van der Waals surface area contributed by atoms with Crippen LogP contribution in [0.5, 0.6) is 0 Å². The number of hydrogen-bond donors (Lipinski definition) is 2. The van der Waals surface area contributed by atoms with Crippen LogP contribution in [0.25, 0.3) is 0 Å². The Morgan fingerprint density at radius 3 is 2.74 bits per heavy atom. The highest BCUT2D eigenvalue weighted by atomic mass is 35.5. The summed E-state index contributed by atoms with van der Waals surface area (Å²) >= 11 is 6.05. The molecule has 2 fully saturated rings. The molecule has 4 nitrogen and oxygen atoms in total. The van der Waals surface area contributed by atoms with Crippen LogP contribution >= 0.6 is 11.6 Å². The van der Waals surface area contributed by atoms with Crippen LogP contribution in [-0.2, 0) is 0 Å². The first kappa shape index (κ1) is 13.1. The highest BCUT2D eigenvalue weighted by molar-refractivity contribution is 6.29. The zero-order valence-electron chi connectivity index (χ0n) is 11.2. The van der Waals surface area contributed by atoms with E-state index in [1.54, 1.807) is 0 Å². The van der Waals surface area contributed by atoms with E-state index in [2.05, 4.69) is 20.6 Å². The normalized spacial score (nSPS) is 20.5. The Labute approximate surface area is 119 Å². The third kappa shape index (κ3) is 3.80. The van der Waals surface area contributed by atoms with E-state index >= 15 is 0 Å². The van der Waals surface area contributed by atoms with Gasteiger partial charge < -0.3 is 10.6 Å². The lowest BCUT2D eigenvalue weighted by Crippen LogP contribution is -2.28. The molecule has 1 aliphatic carbocycles. The van der Waals surface area contributed by atoms with Crippen molar-refractivity contribution in [3.8, 4) is 0 Å². The SMILES string of the molecule is Clc1cc(NCCC2CCNCC2)nc(C2CC2)n1. The quantitative estimate of drug-likeness (QED) is 0.815. The molecule has 0 amide bonds. The largest absolute Gasteiger partial charge is 0.370 e. The van der Waals surface area contributed by atoms with Crippen LogP contribution in [0.3, 0.4) is 0 Å². The van der Waals surface area contributed by atoms with E-state index in [1.807, 2.05) is 6.07 Å². The number of halogens is 1. The van der Waals surface area contributed by atoms with Crippen LogP contribution in [0.1, 0.15) is 43.8 Å². The first-order valence-corrected chi connectivity index (χ1v) is 7.68. The minimum absolute atomic E-state index is 0.545. The Morgan fingerprint density at radius 1 is 1.21 bits per heavy atom. The number of hydrogen-bond acceptors (Lipinski definition) is 4. The van der Waals surface area contributed by atoms with Gasteiger partial charge in [-0.25, -0.2) is 9.97 Å². The third-order valence-electron chi connectivity index (χ3n) is 3.97. The summed E-state index contributed by atoms with van der Waals surface area (Å²) in [5.41, 5.74) is 0. The van der Waals surface area contributed by atoms with Crippen LogP contribution < -0.4 is 10.6 Å². The summed E-state index contributed by atoms with van der Waals surface area (Å²) < 4.78 is 0. The van der Waals surface area contributed by atoms with Crippen molar-refractivity contribution in [2.45, 2.75) is 38.0 Å². The molecular formula is C14H21ClN4. The molecule has 0 atom stereocenters. The number of nitrogens with one attached hydrogen (secondary N) is 2. The monoisotopic (exact) mass is 280 g/mol. The molecule has 0 radical (unpaired) electrons. The van der Waals surface area contributed by atoms with Crippen molar-refractivity contribution in [3.63, 3.8) is 0 Å². The zero-order chi connectivity index (χ0) is 13.1. The van der Waals surface area contributed by atoms with Gasteiger partial charge in [-0.15, -0.1) is 0 Å². The second kappa shape index (κ2) is 6.06. The van der Waals surface area contributed by atoms with Crippen molar-refractivity contribution in [1.82, 2.24) is 15.3 Å². The first-order chi connectivity index (χ1) is 9.31. The highest BCUT2D eigenvalue weighted by Gasteiger charge is 2.27. The number of nitrogens with zero attached hydrogens (tertiary/aromatic N) is 2. The standard InChI is InChI=1S/C14H21ClN4/c15-12-9-13(19-14(18-12)11-1-2-11)17-8-5-10-3-6-16-7-4-10/h9-11,16H,1-8H2,(H,17,18,19). The molecule has 1 saturated carbocycles. The van der Waals surface area contributed by atoms with Crippen LogP contribution in [-0.4, -0.2) is 29.6 Å². The fraction of sp³-hybridized carbons (Fsp3) is 0.714. The van der Waals surface area contributed by atoms with Gasteiger partial charge in [-0.3, -0.25) is 0 Å². The number of rotatable bonds is 5. The fourth-order valence-electron chi connectivity index (χ4n) is 2.62. The Bertz CT molecular complexity index is 427. The van der Waals surface area contributed by atoms with Crippen molar-refractivity contribution in [2.24, 2.45) is 5.92 Å². The first-order valence-electron chi connectivity index (χ1n) is 7.30. The molecule has 2 heterocycles. The van der Waals surface area contributed by atoms with E-state index in [9.17, 15) is 0 Å². The molecule has 19 heavy (non-hydrogen) atoms. The van der Waals surface area contributed by atoms with Gasteiger partial charge >= 0.3 is 0 Å². The Balaban J connectivity index is 1.51. The lowest BCUT2D eigenvalue weighted by Gasteiger charge is -2.22. The molecule has 1 aromatic rings. The van der Waals surface area contributed by atoms with E-state index < -0.39 is 0 Å². The summed E-state index contributed by atoms with van der Waals surface area (Å²) in [7, 11) is 0. The van der Waals surface area contributed by atoms with Crippen LogP contribution in [0.2, 0.25) is 5.15 Å². The van der Waals surface area contributed by atoms with E-state index in [0.29, 0.717) is 11.1 Å². The molecule has 1 aliphatic heterocycles. The molecular weight excluding hydrogens is 260 g/mol. The second-order valence-electron chi connectivity index (χ2n) is 5.62. The Hall–Kier alpha value is -0.870. The lowest BCUT2D eigenvalue weighted by atomic mass is 9.95. The lowest BCUT2D eigenvalue weighted by molar-refractivity contribution is 0.361. The van der Waals surface area contributed by atoms with Gasteiger partial charge in [0, 0.05) is 18.5 Å². The summed E-state index contributed by atoms with van der Waals surface area (Å²) in [6, 6.07) is 1.83. The molecule has 104 valence electrons. The van der Waals surface area contributed by atoms with Gasteiger partial charge in [-0.2, -0.15) is 0 Å². The minimum atomic E-state index is 0.545. The fourth-order valence-corrected chi connectivity index (χ4v) is 2.81. The topological polar surface area (TPSA) is 49.8 Å². The van der Waals surface area contributed by atoms with Crippen LogP contribution in [0.15, 0.2) is 6.07 Å². The van der Waals surface area contributed by atoms with Gasteiger partial charge in [0.25, 0.3) is 0 Å². The van der Waals surface area contributed by atoms with Gasteiger partial charge in [-0.05, 0) is 51.1 Å². The smallest absolute Gasteiger partial charge is 0.135 e. The predicted molar refractivity (Wildman–Crippen MR) is 77.7 cm³/mol. The second-order valence-corrected chi connectivity index (χ2v) is 6.00. The molecule has 0 spiro atoms. The third-order valence-corrected chi connectivity index (χ3v) is 4.17. The van der Waals surface area contributed by atoms with E-state index in [-0.39, 0.29) is 0 Å². The van der Waals surface area contributed by atoms with Crippen molar-refractivity contribution >= 4 is 17.4 Å². The van der Waals surface area contributed by atoms with Gasteiger partial charge in [0.15, 0.2) is 0 Å². The Kier molecular flexibility index (Phi) is 4.18. The van der Waals surface area contributed by atoms with Gasteiger partial charge in [0.1, 0.15) is 16.8 Å². The van der Waals surface area contributed by atoms with E-state index in [4.69, 9.17) is 11.6 Å². The summed E-state index contributed by atoms with van der Waals surface area (Å²) in [6.07, 6.45) is 6.20. The van der Waals surface area contributed by atoms with Crippen molar-refractivity contribution < 1.29 is 0 Å². The molecule has 0 aromatic carbocycles. The maximum atomic E-state index is 6.05. The maximum absolute atomic E-state index is 6.05. The van der Waals surface area contributed by atoms with Gasteiger partial charge in [-0.1, -0.05) is 11.6 Å². The molecule has 1 saturated heterocycles. The highest BCUT2D eigenvalue weighted by Crippen LogP contribution is 2.38. The average Bonchev–Trinajstić information content (AvgIpc) is 3.24. The van der Waals surface area contributed by atoms with Gasteiger partial charge in [0.05, 0.1) is 0 Å². The molecule has 0 unspecified atom stereocenters. The number of piperidine rings is 1. The molecule has 2 aliphatic rings. The van der Waals surface area contributed by atoms with Crippen molar-refractivity contribution in [1.29, 1.82) is 0 Å². The Morgan fingerprint density at radius 2 is 2.00 bits per heavy atom. The summed E-state index contributed by atoms with van der Waals surface area (Å²) in [5, 5.41) is 7.36. The zero-order valence-corrected chi connectivity index (χ0v) is 11.9. The summed E-state index contributed by atoms with van der Waals surface area (Å²) in [6.45, 7) is 3.30. The van der Waals surface area contributed by atoms with E-state index in [0.717, 1.165) is 37.2 Å². The molecule has 2 N–H and O–H groups in total. The molecule has 0 bridgehead atoms. The van der Waals surface area contributed by atoms with Crippen molar-refractivity contribution in [2.75, 3.05) is 25.0 Å². The average molecular weight is 281 g/mol. The molecule has 3 rings (SSSR count). The van der Waals surface area contributed by atoms with Crippen LogP contribution in [0, 0.1) is 5.92 Å². The van der Waals surface area contributed by atoms with Crippen LogP contribution in [0.4, 0.5) is 5.82 Å². The predicted octanol–water partition coefficient (Wildman–Crippen LogP) is 2.81. The molecule has 5 heteroatoms. The number of anilines is 1. The van der Waals surface area contributed by atoms with E-state index in [1.165, 1.54) is 32.1 Å². The van der Waals surface area contributed by atoms with Gasteiger partial charge in [0.2, 0.25) is 0 Å². The summed E-state index contributed by atoms with van der Waals surface area (Å²) in [5.74, 6) is 3.19. The summed E-state index contributed by atoms with van der Waals surface area (Å²) in [4.78, 5) is 8.86. The number of aromatic nitrogens is 2. The molecule has 1 aromatic heterocycles. The van der Waals surface area contributed by atoms with Crippen molar-refractivity contribution in [3.05, 3.63) is 17.0 Å². The minimum Gasteiger partial charge on any atom is -0.370 e. The maximum Gasteiger partial charge on any atom is 0.135 e.